The van der Waals surface area contributed by atoms with Crippen LogP contribution in [0.1, 0.15) is 47.8 Å². The second kappa shape index (κ2) is 12.0. The first-order valence-electron chi connectivity index (χ1n) is 15.8. The van der Waals surface area contributed by atoms with Crippen LogP contribution in [-0.4, -0.2) is 71.7 Å². The van der Waals surface area contributed by atoms with Gasteiger partial charge in [0.25, 0.3) is 5.91 Å². The molecular formula is C35H39FN6O2. The van der Waals surface area contributed by atoms with Gasteiger partial charge in [-0.2, -0.15) is 0 Å². The summed E-state index contributed by atoms with van der Waals surface area (Å²) in [5.74, 6) is 1.29. The molecule has 7 rings (SSSR count). The number of pyridine rings is 2. The van der Waals surface area contributed by atoms with Crippen LogP contribution in [0.3, 0.4) is 0 Å². The fourth-order valence-electron chi connectivity index (χ4n) is 6.67. The van der Waals surface area contributed by atoms with Crippen molar-refractivity contribution < 1.29 is 13.9 Å². The number of carbonyl (C=O) groups excluding carboxylic acids is 1. The zero-order chi connectivity index (χ0) is 30.2. The molecule has 5 heterocycles. The monoisotopic (exact) mass is 594 g/mol. The van der Waals surface area contributed by atoms with Crippen LogP contribution in [0.2, 0.25) is 0 Å². The van der Waals surface area contributed by atoms with Crippen LogP contribution in [0, 0.1) is 11.7 Å². The minimum Gasteiger partial charge on any atom is -0.493 e. The highest BCUT2D eigenvalue weighted by Crippen LogP contribution is 2.40. The molecule has 3 aliphatic rings. The molecule has 44 heavy (non-hydrogen) atoms. The lowest BCUT2D eigenvalue weighted by molar-refractivity contribution is 0.0746. The van der Waals surface area contributed by atoms with Crippen molar-refractivity contribution in [1.82, 2.24) is 24.8 Å². The normalized spacial score (nSPS) is 17.2. The Hall–Kier alpha value is -4.24. The van der Waals surface area contributed by atoms with E-state index < -0.39 is 5.82 Å². The van der Waals surface area contributed by atoms with Gasteiger partial charge >= 0.3 is 0 Å². The number of ether oxygens (including phenoxy) is 1. The van der Waals surface area contributed by atoms with Crippen molar-refractivity contribution in [2.45, 2.75) is 39.2 Å². The molecule has 3 aromatic heterocycles. The second-order valence-corrected chi connectivity index (χ2v) is 12.1. The summed E-state index contributed by atoms with van der Waals surface area (Å²) in [5, 5.41) is 4.65. The number of nitrogens with one attached hydrogen (secondary N) is 1. The predicted molar refractivity (Wildman–Crippen MR) is 172 cm³/mol. The van der Waals surface area contributed by atoms with Gasteiger partial charge in [-0.05, 0) is 79.1 Å². The Morgan fingerprint density at radius 2 is 1.93 bits per heavy atom. The molecule has 1 aromatic carbocycles. The summed E-state index contributed by atoms with van der Waals surface area (Å²) in [5.41, 5.74) is 7.90. The predicted octanol–water partition coefficient (Wildman–Crippen LogP) is 5.56. The lowest BCUT2D eigenvalue weighted by atomic mass is 9.95. The third-order valence-corrected chi connectivity index (χ3v) is 9.19. The molecule has 0 spiro atoms. The first-order valence-corrected chi connectivity index (χ1v) is 15.8. The summed E-state index contributed by atoms with van der Waals surface area (Å²) in [6, 6.07) is 9.95. The smallest absolute Gasteiger partial charge is 0.254 e. The van der Waals surface area contributed by atoms with Gasteiger partial charge in [-0.15, -0.1) is 0 Å². The van der Waals surface area contributed by atoms with E-state index in [-0.39, 0.29) is 5.91 Å². The molecule has 8 nitrogen and oxygen atoms in total. The van der Waals surface area contributed by atoms with E-state index in [1.54, 1.807) is 0 Å². The number of benzene rings is 1. The minimum absolute atomic E-state index is 0.0222. The molecule has 0 atom stereocenters. The molecular weight excluding hydrogens is 555 g/mol. The number of carbonyl (C=O) groups is 1. The zero-order valence-corrected chi connectivity index (χ0v) is 25.5. The summed E-state index contributed by atoms with van der Waals surface area (Å²) in [4.78, 5) is 26.8. The van der Waals surface area contributed by atoms with Gasteiger partial charge in [0.15, 0.2) is 11.6 Å². The highest BCUT2D eigenvalue weighted by atomic mass is 19.1. The van der Waals surface area contributed by atoms with Crippen molar-refractivity contribution in [3.8, 4) is 16.9 Å². The number of methoxy groups -OCH3 is 1. The molecule has 4 aromatic rings. The molecule has 2 fully saturated rings. The molecule has 1 amide bonds. The second-order valence-electron chi connectivity index (χ2n) is 12.1. The van der Waals surface area contributed by atoms with E-state index in [2.05, 4.69) is 62.0 Å². The topological polar surface area (TPSA) is 75.5 Å². The molecule has 2 aliphatic heterocycles. The van der Waals surface area contributed by atoms with Crippen LogP contribution in [0.5, 0.6) is 5.75 Å². The molecule has 1 N–H and O–H groups in total. The van der Waals surface area contributed by atoms with E-state index >= 15 is 0 Å². The maximum atomic E-state index is 14.2. The summed E-state index contributed by atoms with van der Waals surface area (Å²) < 4.78 is 21.7. The molecule has 1 saturated carbocycles. The number of fused-ring (bicyclic) bond motifs is 1. The summed E-state index contributed by atoms with van der Waals surface area (Å²) in [6.07, 6.45) is 11.8. The number of hydrogen-bond donors (Lipinski definition) is 1. The van der Waals surface area contributed by atoms with Gasteiger partial charge in [0.05, 0.1) is 18.8 Å². The van der Waals surface area contributed by atoms with Crippen molar-refractivity contribution in [2.24, 2.45) is 5.92 Å². The molecule has 0 unspecified atom stereocenters. The highest BCUT2D eigenvalue weighted by Gasteiger charge is 2.29. The van der Waals surface area contributed by atoms with Crippen LogP contribution in [0.4, 0.5) is 10.2 Å². The number of nitrogens with zero attached hydrogens (tertiary/aromatic N) is 5. The Kier molecular flexibility index (Phi) is 7.80. The average molecular weight is 595 g/mol. The minimum atomic E-state index is -0.434. The van der Waals surface area contributed by atoms with Crippen LogP contribution in [0.25, 0.3) is 27.6 Å². The number of halogens is 1. The van der Waals surface area contributed by atoms with E-state index in [4.69, 9.17) is 4.74 Å². The average Bonchev–Trinajstić information content (AvgIpc) is 3.83. The van der Waals surface area contributed by atoms with Gasteiger partial charge in [-0.1, -0.05) is 13.0 Å². The fraction of sp³-hybridized carbons (Fsp3) is 0.400. The van der Waals surface area contributed by atoms with Gasteiger partial charge in [0.2, 0.25) is 0 Å². The van der Waals surface area contributed by atoms with E-state index in [0.29, 0.717) is 49.2 Å². The fourth-order valence-corrected chi connectivity index (χ4v) is 6.67. The molecule has 9 heteroatoms. The van der Waals surface area contributed by atoms with Crippen molar-refractivity contribution in [1.29, 1.82) is 0 Å². The summed E-state index contributed by atoms with van der Waals surface area (Å²) in [7, 11) is 1.52. The van der Waals surface area contributed by atoms with E-state index in [9.17, 15) is 9.18 Å². The standard InChI is InChI=1S/C35H39FN6O2/c1-3-24-19-38-10-8-29(24)30-16-27(35(43)41-13-11-40(12-14-41)34-32(44-2)18-28(36)21-39-34)15-26-17-31(25-5-4-9-37-20-25)42(33(26)30)22-23-6-7-23/h5,8,10,15-19,21,23,37H,3-4,6-7,9,11-14,20,22H2,1-2H3. The number of amides is 1. The first-order chi connectivity index (χ1) is 21.5. The van der Waals surface area contributed by atoms with Crippen molar-refractivity contribution in [3.63, 3.8) is 0 Å². The SMILES string of the molecule is CCc1cnccc1-c1cc(C(=O)N2CCN(c3ncc(F)cc3OC)CC2)cc2cc(C3=CCCNC3)n(CC3CC3)c12. The lowest BCUT2D eigenvalue weighted by Crippen LogP contribution is -2.49. The third-order valence-electron chi connectivity index (χ3n) is 9.19. The Morgan fingerprint density at radius 1 is 1.09 bits per heavy atom. The van der Waals surface area contributed by atoms with E-state index in [1.165, 1.54) is 54.6 Å². The van der Waals surface area contributed by atoms with Crippen molar-refractivity contribution >= 4 is 28.2 Å². The van der Waals surface area contributed by atoms with Crippen LogP contribution >= 0.6 is 0 Å². The van der Waals surface area contributed by atoms with E-state index in [0.717, 1.165) is 49.0 Å². The number of hydrogen-bond acceptors (Lipinski definition) is 6. The highest BCUT2D eigenvalue weighted by molar-refractivity contribution is 6.05. The quantitative estimate of drug-likeness (QED) is 0.288. The zero-order valence-electron chi connectivity index (χ0n) is 25.5. The van der Waals surface area contributed by atoms with Gasteiger partial charge < -0.3 is 24.4 Å². The Balaban J connectivity index is 1.27. The molecule has 1 saturated heterocycles. The number of aromatic nitrogens is 3. The molecule has 1 aliphatic carbocycles. The Bertz CT molecular complexity index is 1730. The van der Waals surface area contributed by atoms with Crippen molar-refractivity contribution in [2.75, 3.05) is 51.3 Å². The number of anilines is 1. The van der Waals surface area contributed by atoms with Gasteiger partial charge in [-0.3, -0.25) is 9.78 Å². The molecule has 0 radical (unpaired) electrons. The first kappa shape index (κ1) is 28.5. The van der Waals surface area contributed by atoms with Crippen LogP contribution in [-0.2, 0) is 13.0 Å². The summed E-state index contributed by atoms with van der Waals surface area (Å²) >= 11 is 0. The van der Waals surface area contributed by atoms with Crippen LogP contribution < -0.4 is 15.0 Å². The maximum absolute atomic E-state index is 14.2. The number of rotatable bonds is 8. The van der Waals surface area contributed by atoms with Gasteiger partial charge in [0, 0.05) is 79.9 Å². The largest absolute Gasteiger partial charge is 0.493 e. The maximum Gasteiger partial charge on any atom is 0.254 e. The number of aryl methyl sites for hydroxylation is 1. The molecule has 228 valence electrons. The van der Waals surface area contributed by atoms with Crippen LogP contribution in [0.15, 0.2) is 55.0 Å². The Labute approximate surface area is 257 Å². The lowest BCUT2D eigenvalue weighted by Gasteiger charge is -2.36. The van der Waals surface area contributed by atoms with Gasteiger partial charge in [-0.25, -0.2) is 9.37 Å². The van der Waals surface area contributed by atoms with E-state index in [1.807, 2.05) is 17.3 Å². The Morgan fingerprint density at radius 3 is 2.66 bits per heavy atom. The summed E-state index contributed by atoms with van der Waals surface area (Å²) in [6.45, 7) is 7.26. The van der Waals surface area contributed by atoms with Crippen molar-refractivity contribution in [3.05, 3.63) is 77.6 Å². The van der Waals surface area contributed by atoms with Gasteiger partial charge in [0.1, 0.15) is 5.82 Å². The third kappa shape index (κ3) is 5.45. The number of piperazine rings is 1. The molecule has 0 bridgehead atoms.